The minimum atomic E-state index is -4.64. The monoisotopic (exact) mass is 830 g/mol. The van der Waals surface area contributed by atoms with Crippen molar-refractivity contribution in [2.75, 3.05) is 19.5 Å². The molecule has 0 amide bonds. The highest BCUT2D eigenvalue weighted by atomic mass is 35.5. The maximum Gasteiger partial charge on any atom is 0.294 e. The van der Waals surface area contributed by atoms with E-state index in [9.17, 15) is 23.2 Å². The lowest BCUT2D eigenvalue weighted by molar-refractivity contribution is -0.432. The predicted octanol–water partition coefficient (Wildman–Crippen LogP) is 8.44. The summed E-state index contributed by atoms with van der Waals surface area (Å²) in [6.07, 6.45) is 0. The van der Waals surface area contributed by atoms with Crippen LogP contribution in [0.2, 0.25) is 10.6 Å². The van der Waals surface area contributed by atoms with Crippen LogP contribution in [0.4, 0.5) is 34.4 Å². The van der Waals surface area contributed by atoms with E-state index in [0.717, 1.165) is 18.2 Å². The molecule has 21 nitrogen and oxygen atoms in total. The molecule has 26 heteroatoms. The number of halogens is 2. The lowest BCUT2D eigenvalue weighted by Gasteiger charge is -2.15. The van der Waals surface area contributed by atoms with E-state index in [1.54, 1.807) is 0 Å². The molecule has 4 aromatic carbocycles. The Morgan fingerprint density at radius 3 is 1.96 bits per heavy atom. The molecule has 0 spiro atoms. The largest absolute Gasteiger partial charge is 0.506 e. The van der Waals surface area contributed by atoms with E-state index < -0.39 is 26.5 Å². The first kappa shape index (κ1) is 39.5. The van der Waals surface area contributed by atoms with Crippen LogP contribution in [-0.4, -0.2) is 62.9 Å². The molecule has 53 heavy (non-hydrogen) atoms. The van der Waals surface area contributed by atoms with E-state index in [1.807, 2.05) is 0 Å². The lowest BCUT2D eigenvalue weighted by Crippen LogP contribution is -2.01. The van der Waals surface area contributed by atoms with Crippen LogP contribution in [0.15, 0.2) is 83.7 Å². The number of nitrogens with one attached hydrogen (secondary N) is 1. The number of rotatable bonds is 15. The van der Waals surface area contributed by atoms with Crippen LogP contribution < -0.4 is 14.8 Å². The number of benzene rings is 4. The van der Waals surface area contributed by atoms with Gasteiger partial charge >= 0.3 is 0 Å². The predicted molar refractivity (Wildman–Crippen MR) is 186 cm³/mol. The number of nitrogens with zero attached hydrogens (tertiary/aromatic N) is 7. The third-order valence-electron chi connectivity index (χ3n) is 6.56. The molecule has 0 bridgehead atoms. The van der Waals surface area contributed by atoms with Gasteiger partial charge in [0.2, 0.25) is 16.5 Å². The standard InChI is InChI=1S/C27H20Cl2N8O13S3/c1-45-19-9-15(34-36-17-7-11(53(42,43)44)3-6-18(17)38)16(10-20(19)46-2)35-37-22-21(51-49-47-40)8-13-12(23(22)39)4-5-14(24(13)52-50-48-41)30-27-32-25(28)31-26(29)33-27/h3-10,38-41H,1-2H3,(H,42,43,44)(H,30,31,32,33). The average Bonchev–Trinajstić information content (AvgIpc) is 3.11. The molecular weight excluding hydrogens is 811 g/mol. The zero-order valence-corrected chi connectivity index (χ0v) is 30.2. The minimum absolute atomic E-state index is 0.0152. The van der Waals surface area contributed by atoms with Crippen LogP contribution in [0.3, 0.4) is 0 Å². The number of hydrogen-bond acceptors (Lipinski definition) is 22. The first-order valence-electron chi connectivity index (χ1n) is 13.7. The highest BCUT2D eigenvalue weighted by Crippen LogP contribution is 2.49. The summed E-state index contributed by atoms with van der Waals surface area (Å²) < 4.78 is 52.7. The molecule has 6 N–H and O–H groups in total. The average molecular weight is 832 g/mol. The molecule has 0 unspecified atom stereocenters. The Morgan fingerprint density at radius 2 is 1.36 bits per heavy atom. The van der Waals surface area contributed by atoms with E-state index in [0.29, 0.717) is 24.1 Å². The zero-order valence-electron chi connectivity index (χ0n) is 26.2. The van der Waals surface area contributed by atoms with Crippen molar-refractivity contribution < 1.29 is 61.9 Å². The fourth-order valence-corrected chi connectivity index (χ4v) is 6.23. The molecule has 0 atom stereocenters. The second-order valence-electron chi connectivity index (χ2n) is 9.60. The van der Waals surface area contributed by atoms with E-state index in [1.165, 1.54) is 44.6 Å². The van der Waals surface area contributed by atoms with Gasteiger partial charge in [-0.3, -0.25) is 4.55 Å². The van der Waals surface area contributed by atoms with Gasteiger partial charge in [0, 0.05) is 22.9 Å². The number of anilines is 2. The molecule has 1 aromatic heterocycles. The van der Waals surface area contributed by atoms with Crippen LogP contribution in [0.1, 0.15) is 0 Å². The second kappa shape index (κ2) is 17.4. The summed E-state index contributed by atoms with van der Waals surface area (Å²) in [4.78, 5) is 11.2. The maximum absolute atomic E-state index is 11.6. The molecule has 0 radical (unpaired) electrons. The van der Waals surface area contributed by atoms with Crippen molar-refractivity contribution in [1.82, 2.24) is 15.0 Å². The minimum Gasteiger partial charge on any atom is -0.506 e. The number of hydrogen-bond donors (Lipinski definition) is 6. The summed E-state index contributed by atoms with van der Waals surface area (Å²) >= 11 is 12.7. The van der Waals surface area contributed by atoms with Gasteiger partial charge < -0.3 is 25.0 Å². The van der Waals surface area contributed by atoms with Crippen LogP contribution in [0.5, 0.6) is 23.0 Å². The fourth-order valence-electron chi connectivity index (χ4n) is 4.32. The van der Waals surface area contributed by atoms with Crippen molar-refractivity contribution in [1.29, 1.82) is 0 Å². The Morgan fingerprint density at radius 1 is 0.755 bits per heavy atom. The lowest BCUT2D eigenvalue weighted by atomic mass is 10.1. The SMILES string of the molecule is COc1cc(N=Nc2cc(S(=O)(=O)O)ccc2O)c(N=Nc2c(SOOO)cc3c(SOOO)c(Nc4nc(Cl)nc(Cl)n4)ccc3c2O)cc1OC. The molecule has 5 aromatic rings. The topological polar surface area (TPSA) is 291 Å². The van der Waals surface area contributed by atoms with Crippen LogP contribution in [-0.2, 0) is 28.9 Å². The zero-order chi connectivity index (χ0) is 38.3. The number of ether oxygens (including phenoxy) is 2. The molecule has 5 rings (SSSR count). The van der Waals surface area contributed by atoms with Gasteiger partial charge in [0.1, 0.15) is 28.5 Å². The van der Waals surface area contributed by atoms with Crippen LogP contribution in [0.25, 0.3) is 10.8 Å². The number of methoxy groups -OCH3 is 2. The van der Waals surface area contributed by atoms with E-state index in [2.05, 4.69) is 55.1 Å². The molecule has 0 aliphatic carbocycles. The van der Waals surface area contributed by atoms with Crippen molar-refractivity contribution in [2.24, 2.45) is 20.5 Å². The fraction of sp³-hybridized carbons (Fsp3) is 0.0741. The third kappa shape index (κ3) is 9.46. The number of aromatic hydroxyl groups is 2. The molecule has 0 saturated carbocycles. The quantitative estimate of drug-likeness (QED) is 0.0189. The molecule has 0 fully saturated rings. The van der Waals surface area contributed by atoms with Crippen LogP contribution >= 0.6 is 47.3 Å². The first-order valence-corrected chi connectivity index (χ1v) is 17.4. The highest BCUT2D eigenvalue weighted by molar-refractivity contribution is 7.95. The molecule has 0 aliphatic heterocycles. The maximum atomic E-state index is 11.6. The van der Waals surface area contributed by atoms with Gasteiger partial charge in [-0.05, 0) is 59.6 Å². The highest BCUT2D eigenvalue weighted by Gasteiger charge is 2.22. The Balaban J connectivity index is 1.64. The van der Waals surface area contributed by atoms with Gasteiger partial charge in [0.15, 0.2) is 17.2 Å². The number of phenolic OH excluding ortho intramolecular Hbond substituents is 2. The van der Waals surface area contributed by atoms with Crippen LogP contribution in [0, 0.1) is 0 Å². The summed E-state index contributed by atoms with van der Waals surface area (Å²) in [5, 5.41) is 66.3. The normalized spacial score (nSPS) is 11.9. The van der Waals surface area contributed by atoms with Crippen molar-refractivity contribution >= 4 is 103 Å². The van der Waals surface area contributed by atoms with Gasteiger partial charge in [0.05, 0.1) is 58.7 Å². The van der Waals surface area contributed by atoms with Crippen molar-refractivity contribution in [3.05, 3.63) is 59.1 Å². The van der Waals surface area contributed by atoms with E-state index >= 15 is 0 Å². The summed E-state index contributed by atoms with van der Waals surface area (Å²) in [5.41, 5.74) is -0.435. The van der Waals surface area contributed by atoms with Gasteiger partial charge in [-0.2, -0.15) is 23.4 Å². The van der Waals surface area contributed by atoms with Crippen molar-refractivity contribution in [3.8, 4) is 23.0 Å². The Kier molecular flexibility index (Phi) is 13.0. The van der Waals surface area contributed by atoms with Gasteiger partial charge in [-0.15, -0.1) is 29.1 Å². The Hall–Kier alpha value is -4.70. The summed E-state index contributed by atoms with van der Waals surface area (Å²) in [5.74, 6) is -0.701. The Labute approximate surface area is 315 Å². The third-order valence-corrected chi connectivity index (χ3v) is 9.11. The first-order chi connectivity index (χ1) is 25.4. The molecule has 278 valence electrons. The summed E-state index contributed by atoms with van der Waals surface area (Å²) in [6, 6.07) is 9.87. The second-order valence-corrected chi connectivity index (χ2v) is 13.2. The van der Waals surface area contributed by atoms with Gasteiger partial charge in [-0.25, -0.2) is 10.5 Å². The number of fused-ring (bicyclic) bond motifs is 1. The smallest absolute Gasteiger partial charge is 0.294 e. The molecule has 1 heterocycles. The number of aromatic nitrogens is 3. The molecule has 0 saturated heterocycles. The van der Waals surface area contributed by atoms with Crippen molar-refractivity contribution in [3.63, 3.8) is 0 Å². The van der Waals surface area contributed by atoms with E-state index in [4.69, 9.17) is 47.5 Å². The summed E-state index contributed by atoms with van der Waals surface area (Å²) in [6.45, 7) is 0. The molecular formula is C27H20Cl2N8O13S3. The Bertz CT molecular complexity index is 2320. The van der Waals surface area contributed by atoms with E-state index in [-0.39, 0.29) is 77.0 Å². The molecule has 0 aliphatic rings. The number of phenols is 2. The van der Waals surface area contributed by atoms with Crippen molar-refractivity contribution in [2.45, 2.75) is 14.7 Å². The summed E-state index contributed by atoms with van der Waals surface area (Å²) in [7, 11) is -1.94. The number of azo groups is 2. The van der Waals surface area contributed by atoms with Gasteiger partial charge in [0.25, 0.3) is 10.1 Å². The van der Waals surface area contributed by atoms with Gasteiger partial charge in [-0.1, -0.05) is 10.1 Å².